The molecule has 1 saturated heterocycles. The van der Waals surface area contributed by atoms with Gasteiger partial charge in [0.2, 0.25) is 11.0 Å². The summed E-state index contributed by atoms with van der Waals surface area (Å²) >= 11 is 1.02. The number of rotatable bonds is 2. The van der Waals surface area contributed by atoms with Crippen LogP contribution in [-0.2, 0) is 4.79 Å². The van der Waals surface area contributed by atoms with Crippen molar-refractivity contribution < 1.29 is 4.79 Å². The molecule has 0 aromatic carbocycles. The molecule has 9 heteroatoms. The van der Waals surface area contributed by atoms with Gasteiger partial charge in [-0.1, -0.05) is 9.59 Å². The molecule has 1 aromatic rings. The molecule has 2 unspecified atom stereocenters. The van der Waals surface area contributed by atoms with Crippen molar-refractivity contribution in [3.8, 4) is 0 Å². The molecule has 0 saturated carbocycles. The fourth-order valence-corrected chi connectivity index (χ4v) is 1.51. The van der Waals surface area contributed by atoms with Crippen LogP contribution in [0.15, 0.2) is 0 Å². The van der Waals surface area contributed by atoms with Gasteiger partial charge in [-0.05, 0) is 5.21 Å². The Hall–Kier alpha value is -1.16. The van der Waals surface area contributed by atoms with Crippen LogP contribution in [0.1, 0.15) is 0 Å². The third-order valence-corrected chi connectivity index (χ3v) is 2.35. The average Bonchev–Trinajstić information content (AvgIpc) is 2.75. The second-order valence-corrected chi connectivity index (χ2v) is 3.56. The Morgan fingerprint density at radius 3 is 3.14 bits per heavy atom. The Morgan fingerprint density at radius 2 is 2.57 bits per heavy atom. The number of anilines is 1. The molecule has 0 bridgehead atoms. The van der Waals surface area contributed by atoms with E-state index in [-0.39, 0.29) is 11.9 Å². The lowest BCUT2D eigenvalue weighted by molar-refractivity contribution is -0.118. The monoisotopic (exact) mass is 215 g/mol. The highest BCUT2D eigenvalue weighted by atomic mass is 32.1. The summed E-state index contributed by atoms with van der Waals surface area (Å²) in [5.74, 6) is -0.235. The maximum atomic E-state index is 11.5. The summed E-state index contributed by atoms with van der Waals surface area (Å²) in [6, 6.07) is -0.685. The molecule has 0 radical (unpaired) electrons. The molecule has 76 valence electrons. The fraction of sp³-hybridized carbons (Fsp3) is 0.600. The number of aromatic nitrogens is 3. The van der Waals surface area contributed by atoms with Crippen LogP contribution >= 0.6 is 11.5 Å². The van der Waals surface area contributed by atoms with Crippen molar-refractivity contribution in [3.05, 3.63) is 0 Å². The van der Waals surface area contributed by atoms with Gasteiger partial charge in [-0.15, -0.1) is 0 Å². The summed E-state index contributed by atoms with van der Waals surface area (Å²) < 4.78 is 3.52. The predicted molar refractivity (Wildman–Crippen MR) is 49.2 cm³/mol. The molecule has 2 heterocycles. The smallest absolute Gasteiger partial charge is 0.246 e. The van der Waals surface area contributed by atoms with Gasteiger partial charge in [0.15, 0.2) is 0 Å². The summed E-state index contributed by atoms with van der Waals surface area (Å²) in [5.41, 5.74) is 11.2. The minimum absolute atomic E-state index is 0.235. The number of nitrogens with one attached hydrogen (secondary N) is 3. The number of hydrogen-bond donors (Lipinski definition) is 4. The van der Waals surface area contributed by atoms with Crippen LogP contribution in [0.4, 0.5) is 5.13 Å². The van der Waals surface area contributed by atoms with E-state index >= 15 is 0 Å². The van der Waals surface area contributed by atoms with Gasteiger partial charge in [0.05, 0.1) is 0 Å². The number of amides is 1. The standard InChI is InChI=1S/C5H9N7OS/c6-2-1-7-9-3(2)4(13)8-5-10-11-12-14-5/h2-3,7,9H,1,6H2,(H,8,10,12,13). The van der Waals surface area contributed by atoms with Gasteiger partial charge >= 0.3 is 0 Å². The van der Waals surface area contributed by atoms with E-state index in [9.17, 15) is 4.79 Å². The lowest BCUT2D eigenvalue weighted by Gasteiger charge is -2.11. The van der Waals surface area contributed by atoms with Gasteiger partial charge in [0.1, 0.15) is 6.04 Å². The summed E-state index contributed by atoms with van der Waals surface area (Å²) in [6.45, 7) is 0.562. The summed E-state index contributed by atoms with van der Waals surface area (Å²) in [6.07, 6.45) is 0. The van der Waals surface area contributed by atoms with E-state index in [1.165, 1.54) is 0 Å². The molecule has 2 atom stereocenters. The molecular formula is C5H9N7OS. The normalized spacial score (nSPS) is 26.4. The van der Waals surface area contributed by atoms with Crippen molar-refractivity contribution in [2.24, 2.45) is 5.73 Å². The number of hydrazine groups is 1. The van der Waals surface area contributed by atoms with Crippen LogP contribution in [0, 0.1) is 0 Å². The van der Waals surface area contributed by atoms with Gasteiger partial charge < -0.3 is 5.73 Å². The molecule has 2 rings (SSSR count). The third kappa shape index (κ3) is 1.85. The minimum Gasteiger partial charge on any atom is -0.325 e. The number of hydrogen-bond acceptors (Lipinski definition) is 8. The molecule has 0 aliphatic carbocycles. The van der Waals surface area contributed by atoms with Crippen LogP contribution in [0.25, 0.3) is 0 Å². The molecular weight excluding hydrogens is 206 g/mol. The van der Waals surface area contributed by atoms with Crippen molar-refractivity contribution in [1.82, 2.24) is 25.7 Å². The summed E-state index contributed by atoms with van der Waals surface area (Å²) in [4.78, 5) is 11.5. The summed E-state index contributed by atoms with van der Waals surface area (Å²) in [5, 5.41) is 9.87. The van der Waals surface area contributed by atoms with E-state index in [0.29, 0.717) is 11.7 Å². The Kier molecular flexibility index (Phi) is 2.63. The molecule has 1 aromatic heterocycles. The maximum absolute atomic E-state index is 11.5. The number of carbonyl (C=O) groups is 1. The number of nitrogens with two attached hydrogens (primary N) is 1. The Bertz CT molecular complexity index is 314. The van der Waals surface area contributed by atoms with Gasteiger partial charge in [-0.2, -0.15) is 0 Å². The highest BCUT2D eigenvalue weighted by molar-refractivity contribution is 7.09. The van der Waals surface area contributed by atoms with Gasteiger partial charge in [-0.3, -0.25) is 15.5 Å². The number of carbonyl (C=O) groups excluding carboxylic acids is 1. The molecule has 1 amide bonds. The van der Waals surface area contributed by atoms with E-state index in [0.717, 1.165) is 11.5 Å². The van der Waals surface area contributed by atoms with Crippen LogP contribution in [0.5, 0.6) is 0 Å². The Morgan fingerprint density at radius 1 is 1.71 bits per heavy atom. The largest absolute Gasteiger partial charge is 0.325 e. The van der Waals surface area contributed by atoms with E-state index in [2.05, 4.69) is 31.0 Å². The first-order valence-corrected chi connectivity index (χ1v) is 4.74. The van der Waals surface area contributed by atoms with E-state index in [4.69, 9.17) is 5.73 Å². The second kappa shape index (κ2) is 3.92. The van der Waals surface area contributed by atoms with Crippen molar-refractivity contribution in [1.29, 1.82) is 0 Å². The van der Waals surface area contributed by atoms with E-state index < -0.39 is 6.04 Å². The highest BCUT2D eigenvalue weighted by Crippen LogP contribution is 2.06. The molecule has 1 fully saturated rings. The van der Waals surface area contributed by atoms with Gasteiger partial charge in [0, 0.05) is 24.1 Å². The third-order valence-electron chi connectivity index (χ3n) is 1.84. The molecule has 8 nitrogen and oxygen atoms in total. The quantitative estimate of drug-likeness (QED) is 0.437. The van der Waals surface area contributed by atoms with Crippen molar-refractivity contribution in [3.63, 3.8) is 0 Å². The average molecular weight is 215 g/mol. The van der Waals surface area contributed by atoms with Crippen molar-refractivity contribution >= 4 is 22.6 Å². The van der Waals surface area contributed by atoms with Crippen LogP contribution < -0.4 is 21.9 Å². The molecule has 1 aliphatic heterocycles. The van der Waals surface area contributed by atoms with E-state index in [1.807, 2.05) is 0 Å². The lowest BCUT2D eigenvalue weighted by Crippen LogP contribution is -2.47. The maximum Gasteiger partial charge on any atom is 0.246 e. The second-order valence-electron chi connectivity index (χ2n) is 2.82. The predicted octanol–water partition coefficient (Wildman–Crippen LogP) is -2.32. The van der Waals surface area contributed by atoms with Crippen molar-refractivity contribution in [2.75, 3.05) is 11.9 Å². The zero-order valence-electron chi connectivity index (χ0n) is 7.10. The topological polar surface area (TPSA) is 118 Å². The zero-order valence-corrected chi connectivity index (χ0v) is 7.91. The number of nitrogens with zero attached hydrogens (tertiary/aromatic N) is 3. The fourth-order valence-electron chi connectivity index (χ4n) is 1.14. The lowest BCUT2D eigenvalue weighted by atomic mass is 10.1. The molecule has 0 spiro atoms. The molecule has 14 heavy (non-hydrogen) atoms. The first-order valence-electron chi connectivity index (χ1n) is 3.97. The highest BCUT2D eigenvalue weighted by Gasteiger charge is 2.30. The zero-order chi connectivity index (χ0) is 9.97. The minimum atomic E-state index is -0.445. The van der Waals surface area contributed by atoms with Crippen LogP contribution in [0.2, 0.25) is 0 Å². The SMILES string of the molecule is NC1CNNC1C(=O)Nc1nnns1. The molecule has 5 N–H and O–H groups in total. The van der Waals surface area contributed by atoms with Gasteiger partial charge in [-0.25, -0.2) is 5.43 Å². The Balaban J connectivity index is 1.95. The Labute approximate surface area is 83.4 Å². The van der Waals surface area contributed by atoms with E-state index in [1.54, 1.807) is 0 Å². The van der Waals surface area contributed by atoms with Gasteiger partial charge in [0.25, 0.3) is 0 Å². The molecule has 1 aliphatic rings. The van der Waals surface area contributed by atoms with Crippen LogP contribution in [0.3, 0.4) is 0 Å². The first kappa shape index (κ1) is 9.40. The van der Waals surface area contributed by atoms with Crippen molar-refractivity contribution in [2.45, 2.75) is 12.1 Å². The summed E-state index contributed by atoms with van der Waals surface area (Å²) in [7, 11) is 0. The first-order chi connectivity index (χ1) is 6.77. The van der Waals surface area contributed by atoms with Crippen LogP contribution in [-0.4, -0.2) is 39.3 Å².